The molecule has 0 bridgehead atoms. The van der Waals surface area contributed by atoms with E-state index in [-0.39, 0.29) is 17.2 Å². The number of rotatable bonds is 4. The molecule has 0 aromatic carbocycles. The molecule has 1 unspecified atom stereocenters. The van der Waals surface area contributed by atoms with E-state index >= 15 is 0 Å². The van der Waals surface area contributed by atoms with Gasteiger partial charge in [-0.05, 0) is 33.6 Å². The lowest BCUT2D eigenvalue weighted by Crippen LogP contribution is -2.20. The molecule has 0 aliphatic heterocycles. The molecular formula is C15H21N5OS. The number of amides is 1. The summed E-state index contributed by atoms with van der Waals surface area (Å²) in [7, 11) is 1.89. The van der Waals surface area contributed by atoms with Crippen molar-refractivity contribution in [2.45, 2.75) is 51.9 Å². The van der Waals surface area contributed by atoms with Gasteiger partial charge in [0.25, 0.3) is 0 Å². The van der Waals surface area contributed by atoms with Crippen molar-refractivity contribution in [3.05, 3.63) is 22.8 Å². The second-order valence-electron chi connectivity index (χ2n) is 6.40. The smallest absolute Gasteiger partial charge is 0.233 e. The third kappa shape index (κ3) is 2.54. The topological polar surface area (TPSA) is 72.7 Å². The first kappa shape index (κ1) is 15.1. The minimum atomic E-state index is -0.266. The number of anilines is 1. The molecule has 1 aliphatic carbocycles. The van der Waals surface area contributed by atoms with Crippen molar-refractivity contribution in [1.82, 2.24) is 19.1 Å². The van der Waals surface area contributed by atoms with Crippen LogP contribution in [0.5, 0.6) is 0 Å². The maximum absolute atomic E-state index is 12.5. The van der Waals surface area contributed by atoms with Crippen LogP contribution in [-0.4, -0.2) is 25.0 Å². The summed E-state index contributed by atoms with van der Waals surface area (Å²) in [5, 5.41) is 7.85. The Bertz CT molecular complexity index is 728. The molecule has 1 amide bonds. The molecule has 22 heavy (non-hydrogen) atoms. The van der Waals surface area contributed by atoms with Gasteiger partial charge in [0.05, 0.1) is 11.6 Å². The molecule has 2 aromatic rings. The molecule has 1 atom stereocenters. The van der Waals surface area contributed by atoms with Crippen LogP contribution in [0.1, 0.15) is 55.4 Å². The summed E-state index contributed by atoms with van der Waals surface area (Å²) in [5.41, 5.74) is 3.02. The average Bonchev–Trinajstić information content (AvgIpc) is 2.93. The highest BCUT2D eigenvalue weighted by atomic mass is 32.1. The molecule has 7 heteroatoms. The third-order valence-electron chi connectivity index (χ3n) is 4.59. The van der Waals surface area contributed by atoms with Crippen LogP contribution in [0.3, 0.4) is 0 Å². The maximum Gasteiger partial charge on any atom is 0.233 e. The normalized spacial score (nSPS) is 17.3. The first-order valence-electron chi connectivity index (χ1n) is 7.47. The summed E-state index contributed by atoms with van der Waals surface area (Å²) in [5.74, 6) is 0.523. The number of aromatic nitrogens is 4. The number of nitrogens with zero attached hydrogens (tertiary/aromatic N) is 4. The molecule has 118 valence electrons. The van der Waals surface area contributed by atoms with Gasteiger partial charge >= 0.3 is 0 Å². The Morgan fingerprint density at radius 1 is 1.41 bits per heavy atom. The van der Waals surface area contributed by atoms with Crippen molar-refractivity contribution in [3.8, 4) is 0 Å². The lowest BCUT2D eigenvalue weighted by Gasteiger charge is -2.11. The number of aryl methyl sites for hydroxylation is 2. The summed E-state index contributed by atoms with van der Waals surface area (Å²) < 4.78 is 6.18. The van der Waals surface area contributed by atoms with E-state index in [2.05, 4.69) is 26.7 Å². The largest absolute Gasteiger partial charge is 0.300 e. The van der Waals surface area contributed by atoms with Gasteiger partial charge in [0, 0.05) is 35.3 Å². The van der Waals surface area contributed by atoms with Gasteiger partial charge in [-0.1, -0.05) is 6.92 Å². The van der Waals surface area contributed by atoms with Crippen molar-refractivity contribution >= 4 is 22.6 Å². The lowest BCUT2D eigenvalue weighted by atomic mass is 9.98. The van der Waals surface area contributed by atoms with Gasteiger partial charge in [-0.2, -0.15) is 9.47 Å². The average molecular weight is 319 g/mol. The Morgan fingerprint density at radius 2 is 2.09 bits per heavy atom. The molecule has 1 N–H and O–H groups in total. The van der Waals surface area contributed by atoms with Crippen LogP contribution in [0.15, 0.2) is 0 Å². The summed E-state index contributed by atoms with van der Waals surface area (Å²) in [4.78, 5) is 17.0. The summed E-state index contributed by atoms with van der Waals surface area (Å²) in [6, 6.07) is 0. The van der Waals surface area contributed by atoms with Crippen molar-refractivity contribution in [3.63, 3.8) is 0 Å². The number of carbonyl (C=O) groups excluding carboxylic acids is 1. The second-order valence-corrected chi connectivity index (χ2v) is 7.15. The first-order chi connectivity index (χ1) is 10.3. The van der Waals surface area contributed by atoms with Gasteiger partial charge in [0.1, 0.15) is 0 Å². The zero-order valence-electron chi connectivity index (χ0n) is 13.6. The van der Waals surface area contributed by atoms with E-state index in [1.54, 1.807) is 0 Å². The van der Waals surface area contributed by atoms with Crippen LogP contribution < -0.4 is 5.32 Å². The minimum Gasteiger partial charge on any atom is -0.300 e. The number of hydrogen-bond donors (Lipinski definition) is 1. The highest BCUT2D eigenvalue weighted by Gasteiger charge is 2.43. The van der Waals surface area contributed by atoms with E-state index in [1.807, 2.05) is 32.5 Å². The van der Waals surface area contributed by atoms with Crippen LogP contribution >= 0.6 is 11.5 Å². The maximum atomic E-state index is 12.5. The Kier molecular flexibility index (Phi) is 3.55. The molecular weight excluding hydrogens is 298 g/mol. The molecule has 0 spiro atoms. The molecule has 6 nitrogen and oxygen atoms in total. The van der Waals surface area contributed by atoms with Crippen molar-refractivity contribution < 1.29 is 4.79 Å². The van der Waals surface area contributed by atoms with Gasteiger partial charge in [0.15, 0.2) is 5.82 Å². The predicted molar refractivity (Wildman–Crippen MR) is 86.2 cm³/mol. The van der Waals surface area contributed by atoms with Gasteiger partial charge in [-0.15, -0.1) is 0 Å². The molecule has 2 aromatic heterocycles. The number of carbonyl (C=O) groups is 1. The Hall–Kier alpha value is -1.76. The Morgan fingerprint density at radius 3 is 2.64 bits per heavy atom. The van der Waals surface area contributed by atoms with Crippen molar-refractivity contribution in [2.75, 3.05) is 5.32 Å². The van der Waals surface area contributed by atoms with Gasteiger partial charge in [0.2, 0.25) is 11.0 Å². The molecule has 2 heterocycles. The standard InChI is InChI=1S/C15H21N5OS/c1-8(11-9(2)18-20(5)10(11)3)12(21)16-14-17-13(19-22-14)15(4)6-7-15/h8H,6-7H2,1-5H3,(H,16,17,19,21). The van der Waals surface area contributed by atoms with Crippen LogP contribution in [0, 0.1) is 13.8 Å². The SMILES string of the molecule is Cc1nn(C)c(C)c1C(C)C(=O)Nc1nc(C2(C)CC2)ns1. The Balaban J connectivity index is 1.75. The predicted octanol–water partition coefficient (Wildman–Crippen LogP) is 2.68. The number of nitrogens with one attached hydrogen (secondary N) is 1. The first-order valence-corrected chi connectivity index (χ1v) is 8.24. The monoisotopic (exact) mass is 319 g/mol. The fourth-order valence-electron chi connectivity index (χ4n) is 2.69. The minimum absolute atomic E-state index is 0.0668. The fraction of sp³-hybridized carbons (Fsp3) is 0.600. The molecule has 3 rings (SSSR count). The highest BCUT2D eigenvalue weighted by molar-refractivity contribution is 7.09. The molecule has 1 fully saturated rings. The van der Waals surface area contributed by atoms with E-state index in [0.717, 1.165) is 35.6 Å². The van der Waals surface area contributed by atoms with Crippen LogP contribution in [0.2, 0.25) is 0 Å². The van der Waals surface area contributed by atoms with Crippen molar-refractivity contribution in [1.29, 1.82) is 0 Å². The van der Waals surface area contributed by atoms with Gasteiger partial charge < -0.3 is 5.32 Å². The summed E-state index contributed by atoms with van der Waals surface area (Å²) in [6.45, 7) is 7.97. The molecule has 0 radical (unpaired) electrons. The van der Waals surface area contributed by atoms with Crippen LogP contribution in [-0.2, 0) is 17.3 Å². The quantitative estimate of drug-likeness (QED) is 0.940. The summed E-state index contributed by atoms with van der Waals surface area (Å²) in [6.07, 6.45) is 2.25. The third-order valence-corrected chi connectivity index (χ3v) is 5.22. The van der Waals surface area contributed by atoms with Crippen LogP contribution in [0.4, 0.5) is 5.13 Å². The van der Waals surface area contributed by atoms with Gasteiger partial charge in [-0.3, -0.25) is 9.48 Å². The Labute approximate surface area is 134 Å². The van der Waals surface area contributed by atoms with E-state index in [4.69, 9.17) is 0 Å². The van der Waals surface area contributed by atoms with Crippen LogP contribution in [0.25, 0.3) is 0 Å². The zero-order chi connectivity index (χ0) is 16.1. The number of hydrogen-bond acceptors (Lipinski definition) is 5. The second kappa shape index (κ2) is 5.15. The van der Waals surface area contributed by atoms with E-state index in [1.165, 1.54) is 11.5 Å². The molecule has 0 saturated heterocycles. The lowest BCUT2D eigenvalue weighted by molar-refractivity contribution is -0.117. The van der Waals surface area contributed by atoms with Gasteiger partial charge in [-0.25, -0.2) is 4.98 Å². The zero-order valence-corrected chi connectivity index (χ0v) is 14.4. The van der Waals surface area contributed by atoms with Crippen molar-refractivity contribution in [2.24, 2.45) is 7.05 Å². The highest BCUT2D eigenvalue weighted by Crippen LogP contribution is 2.46. The van der Waals surface area contributed by atoms with E-state index in [0.29, 0.717) is 5.13 Å². The summed E-state index contributed by atoms with van der Waals surface area (Å²) >= 11 is 1.26. The molecule has 1 saturated carbocycles. The fourth-order valence-corrected chi connectivity index (χ4v) is 3.40. The van der Waals surface area contributed by atoms with E-state index in [9.17, 15) is 4.79 Å². The molecule has 1 aliphatic rings. The van der Waals surface area contributed by atoms with E-state index < -0.39 is 0 Å².